The van der Waals surface area contributed by atoms with Crippen LogP contribution in [0.1, 0.15) is 34.3 Å². The number of hydrazone groups is 1. The Morgan fingerprint density at radius 2 is 1.93 bits per heavy atom. The van der Waals surface area contributed by atoms with Crippen molar-refractivity contribution < 1.29 is 14.1 Å². The summed E-state index contributed by atoms with van der Waals surface area (Å²) in [5.41, 5.74) is 4.50. The van der Waals surface area contributed by atoms with E-state index in [4.69, 9.17) is 0 Å². The van der Waals surface area contributed by atoms with Gasteiger partial charge in [-0.15, -0.1) is 0 Å². The third-order valence-electron chi connectivity index (χ3n) is 4.49. The monoisotopic (exact) mass is 370 g/mol. The van der Waals surface area contributed by atoms with Crippen LogP contribution in [0.2, 0.25) is 0 Å². The number of nitro benzene ring substituents is 1. The van der Waals surface area contributed by atoms with Gasteiger partial charge in [-0.3, -0.25) is 14.9 Å². The van der Waals surface area contributed by atoms with Gasteiger partial charge in [-0.25, -0.2) is 9.82 Å². The van der Waals surface area contributed by atoms with Crippen LogP contribution in [0, 0.1) is 22.9 Å². The predicted octanol–water partition coefficient (Wildman–Crippen LogP) is 3.41. The summed E-state index contributed by atoms with van der Waals surface area (Å²) in [7, 11) is 0. The fourth-order valence-corrected chi connectivity index (χ4v) is 2.98. The number of nitro groups is 1. The molecule has 2 aromatic rings. The van der Waals surface area contributed by atoms with Crippen molar-refractivity contribution in [3.63, 3.8) is 0 Å². The summed E-state index contributed by atoms with van der Waals surface area (Å²) in [6, 6.07) is 8.38. The van der Waals surface area contributed by atoms with Gasteiger partial charge < -0.3 is 4.90 Å². The molecule has 0 aromatic heterocycles. The van der Waals surface area contributed by atoms with Gasteiger partial charge in [-0.05, 0) is 49.6 Å². The van der Waals surface area contributed by atoms with Crippen LogP contribution >= 0.6 is 0 Å². The molecule has 0 bridgehead atoms. The first-order valence-electron chi connectivity index (χ1n) is 8.58. The molecule has 0 saturated carbocycles. The number of rotatable bonds is 5. The number of nitrogens with zero attached hydrogens (tertiary/aromatic N) is 3. The normalized spacial score (nSPS) is 13.9. The quantitative estimate of drug-likeness (QED) is 0.496. The number of benzene rings is 2. The van der Waals surface area contributed by atoms with E-state index in [1.807, 2.05) is 11.8 Å². The molecule has 140 valence electrons. The molecule has 8 heteroatoms. The molecule has 0 atom stereocenters. The summed E-state index contributed by atoms with van der Waals surface area (Å²) < 4.78 is 14.4. The molecular weight excluding hydrogens is 351 g/mol. The van der Waals surface area contributed by atoms with Crippen molar-refractivity contribution in [2.24, 2.45) is 5.10 Å². The predicted molar refractivity (Wildman–Crippen MR) is 101 cm³/mol. The van der Waals surface area contributed by atoms with Crippen LogP contribution in [-0.2, 0) is 0 Å². The molecule has 1 amide bonds. The average Bonchev–Trinajstić information content (AvgIpc) is 3.18. The molecule has 2 aromatic carbocycles. The molecule has 0 unspecified atom stereocenters. The molecule has 7 nitrogen and oxygen atoms in total. The SMILES string of the molecule is Cc1cc(N2CCCC2)c(F)cc1/C=N\NC(=O)c1ccc([N+](=O)[O-])cc1. The number of anilines is 1. The van der Waals surface area contributed by atoms with E-state index in [9.17, 15) is 19.3 Å². The van der Waals surface area contributed by atoms with Crippen molar-refractivity contribution in [1.29, 1.82) is 0 Å². The number of carbonyl (C=O) groups excluding carboxylic acids is 1. The van der Waals surface area contributed by atoms with Gasteiger partial charge in [0.25, 0.3) is 11.6 Å². The second-order valence-electron chi connectivity index (χ2n) is 6.36. The van der Waals surface area contributed by atoms with Crippen molar-refractivity contribution in [2.75, 3.05) is 18.0 Å². The summed E-state index contributed by atoms with van der Waals surface area (Å²) in [6.07, 6.45) is 3.52. The molecule has 1 heterocycles. The van der Waals surface area contributed by atoms with E-state index in [1.54, 1.807) is 6.07 Å². The van der Waals surface area contributed by atoms with E-state index in [2.05, 4.69) is 10.5 Å². The maximum atomic E-state index is 14.4. The van der Waals surface area contributed by atoms with Crippen molar-refractivity contribution >= 4 is 23.5 Å². The third kappa shape index (κ3) is 4.28. The zero-order valence-corrected chi connectivity index (χ0v) is 14.8. The lowest BCUT2D eigenvalue weighted by Gasteiger charge is -2.19. The van der Waals surface area contributed by atoms with Gasteiger partial charge in [0.1, 0.15) is 5.82 Å². The smallest absolute Gasteiger partial charge is 0.271 e. The van der Waals surface area contributed by atoms with Crippen LogP contribution < -0.4 is 10.3 Å². The minimum Gasteiger partial charge on any atom is -0.369 e. The minimum atomic E-state index is -0.539. The molecular formula is C19H19FN4O3. The van der Waals surface area contributed by atoms with Crippen LogP contribution in [0.5, 0.6) is 0 Å². The Bertz CT molecular complexity index is 891. The first-order valence-corrected chi connectivity index (χ1v) is 8.58. The van der Waals surface area contributed by atoms with E-state index in [-0.39, 0.29) is 17.1 Å². The number of halogens is 1. The van der Waals surface area contributed by atoms with E-state index >= 15 is 0 Å². The number of carbonyl (C=O) groups is 1. The van der Waals surface area contributed by atoms with Crippen LogP contribution in [0.15, 0.2) is 41.5 Å². The lowest BCUT2D eigenvalue weighted by Crippen LogP contribution is -2.19. The second kappa shape index (κ2) is 7.94. The standard InChI is InChI=1S/C19H19FN4O3/c1-13-10-18(23-8-2-3-9-23)17(20)11-15(13)12-21-22-19(25)14-4-6-16(7-5-14)24(26)27/h4-7,10-12H,2-3,8-9H2,1H3,(H,22,25)/b21-12-. The molecule has 27 heavy (non-hydrogen) atoms. The Morgan fingerprint density at radius 1 is 1.26 bits per heavy atom. The summed E-state index contributed by atoms with van der Waals surface area (Å²) in [5, 5.41) is 14.5. The number of aryl methyl sites for hydroxylation is 1. The molecule has 0 spiro atoms. The number of non-ortho nitro benzene ring substituents is 1. The molecule has 1 fully saturated rings. The fraction of sp³-hybridized carbons (Fsp3) is 0.263. The molecule has 0 aliphatic carbocycles. The maximum absolute atomic E-state index is 14.4. The number of amides is 1. The van der Waals surface area contributed by atoms with E-state index in [1.165, 1.54) is 36.5 Å². The Labute approximate surface area is 155 Å². The van der Waals surface area contributed by atoms with Crippen molar-refractivity contribution in [3.8, 4) is 0 Å². The highest BCUT2D eigenvalue weighted by molar-refractivity contribution is 5.95. The third-order valence-corrected chi connectivity index (χ3v) is 4.49. The summed E-state index contributed by atoms with van der Waals surface area (Å²) in [6.45, 7) is 3.57. The largest absolute Gasteiger partial charge is 0.369 e. The highest BCUT2D eigenvalue weighted by atomic mass is 19.1. The average molecular weight is 370 g/mol. The highest BCUT2D eigenvalue weighted by Gasteiger charge is 2.17. The topological polar surface area (TPSA) is 87.8 Å². The van der Waals surface area contributed by atoms with Gasteiger partial charge in [0, 0.05) is 36.3 Å². The van der Waals surface area contributed by atoms with E-state index in [0.29, 0.717) is 11.3 Å². The highest BCUT2D eigenvalue weighted by Crippen LogP contribution is 2.26. The number of hydrogen-bond acceptors (Lipinski definition) is 5. The van der Waals surface area contributed by atoms with Gasteiger partial charge in [0.15, 0.2) is 0 Å². The van der Waals surface area contributed by atoms with Crippen LogP contribution in [0.3, 0.4) is 0 Å². The molecule has 3 rings (SSSR count). The summed E-state index contributed by atoms with van der Waals surface area (Å²) in [5.74, 6) is -0.821. The first-order chi connectivity index (χ1) is 13.0. The van der Waals surface area contributed by atoms with E-state index < -0.39 is 10.8 Å². The molecule has 1 saturated heterocycles. The van der Waals surface area contributed by atoms with Gasteiger partial charge in [0.05, 0.1) is 16.8 Å². The van der Waals surface area contributed by atoms with E-state index in [0.717, 1.165) is 31.5 Å². The Morgan fingerprint density at radius 3 is 2.56 bits per heavy atom. The van der Waals surface area contributed by atoms with Gasteiger partial charge in [-0.1, -0.05) is 0 Å². The van der Waals surface area contributed by atoms with Crippen molar-refractivity contribution in [1.82, 2.24) is 5.43 Å². The molecule has 1 aliphatic heterocycles. The molecule has 1 aliphatic rings. The lowest BCUT2D eigenvalue weighted by atomic mass is 10.1. The van der Waals surface area contributed by atoms with Gasteiger partial charge >= 0.3 is 0 Å². The minimum absolute atomic E-state index is 0.0979. The maximum Gasteiger partial charge on any atom is 0.271 e. The summed E-state index contributed by atoms with van der Waals surface area (Å²) >= 11 is 0. The second-order valence-corrected chi connectivity index (χ2v) is 6.36. The van der Waals surface area contributed by atoms with Crippen molar-refractivity contribution in [3.05, 3.63) is 69.0 Å². The van der Waals surface area contributed by atoms with Gasteiger partial charge in [-0.2, -0.15) is 5.10 Å². The van der Waals surface area contributed by atoms with Gasteiger partial charge in [0.2, 0.25) is 0 Å². The molecule has 1 N–H and O–H groups in total. The van der Waals surface area contributed by atoms with Crippen LogP contribution in [-0.4, -0.2) is 30.1 Å². The van der Waals surface area contributed by atoms with Crippen LogP contribution in [0.25, 0.3) is 0 Å². The first kappa shape index (κ1) is 18.5. The Kier molecular flexibility index (Phi) is 5.44. The zero-order chi connectivity index (χ0) is 19.4. The number of nitrogens with one attached hydrogen (secondary N) is 1. The Hall–Kier alpha value is -3.29. The van der Waals surface area contributed by atoms with Crippen molar-refractivity contribution in [2.45, 2.75) is 19.8 Å². The molecule has 0 radical (unpaired) electrons. The summed E-state index contributed by atoms with van der Waals surface area (Å²) in [4.78, 5) is 24.1. The van der Waals surface area contributed by atoms with Crippen LogP contribution in [0.4, 0.5) is 15.8 Å². The number of hydrogen-bond donors (Lipinski definition) is 1. The fourth-order valence-electron chi connectivity index (χ4n) is 2.98. The zero-order valence-electron chi connectivity index (χ0n) is 14.8. The Balaban J connectivity index is 1.67. The lowest BCUT2D eigenvalue weighted by molar-refractivity contribution is -0.384.